The van der Waals surface area contributed by atoms with Gasteiger partial charge in [0.15, 0.2) is 0 Å². The number of halogens is 1. The number of nitrogens with one attached hydrogen (secondary N) is 1. The van der Waals surface area contributed by atoms with Gasteiger partial charge in [0, 0.05) is 11.6 Å². The first-order valence-corrected chi connectivity index (χ1v) is 6.19. The molecule has 0 saturated heterocycles. The lowest BCUT2D eigenvalue weighted by atomic mass is 10.0. The van der Waals surface area contributed by atoms with Gasteiger partial charge in [0.2, 0.25) is 0 Å². The highest BCUT2D eigenvalue weighted by Crippen LogP contribution is 2.16. The summed E-state index contributed by atoms with van der Waals surface area (Å²) in [5.74, 6) is -0.951. The zero-order valence-electron chi connectivity index (χ0n) is 10.4. The third-order valence-corrected chi connectivity index (χ3v) is 2.97. The van der Waals surface area contributed by atoms with E-state index in [-0.39, 0.29) is 12.5 Å². The summed E-state index contributed by atoms with van der Waals surface area (Å²) >= 11 is 5.75. The zero-order chi connectivity index (χ0) is 13.7. The smallest absolute Gasteiger partial charge is 0.320 e. The molecule has 5 heteroatoms. The SMILES string of the molecule is CC(C)C(NCC(O)c1ccc(Cl)cc1)C(=O)O. The molecule has 0 radical (unpaired) electrons. The summed E-state index contributed by atoms with van der Waals surface area (Å²) in [4.78, 5) is 11.0. The Morgan fingerprint density at radius 2 is 1.89 bits per heavy atom. The van der Waals surface area contributed by atoms with Crippen LogP contribution in [0.15, 0.2) is 24.3 Å². The van der Waals surface area contributed by atoms with Gasteiger partial charge in [-0.25, -0.2) is 0 Å². The van der Waals surface area contributed by atoms with Gasteiger partial charge in [-0.15, -0.1) is 0 Å². The fraction of sp³-hybridized carbons (Fsp3) is 0.462. The first-order chi connectivity index (χ1) is 8.41. The van der Waals surface area contributed by atoms with Crippen LogP contribution < -0.4 is 5.32 Å². The van der Waals surface area contributed by atoms with E-state index in [0.717, 1.165) is 0 Å². The number of hydrogen-bond donors (Lipinski definition) is 3. The largest absolute Gasteiger partial charge is 0.480 e. The molecule has 1 aromatic rings. The molecule has 18 heavy (non-hydrogen) atoms. The lowest BCUT2D eigenvalue weighted by Gasteiger charge is -2.20. The molecule has 1 rings (SSSR count). The normalized spacial score (nSPS) is 14.5. The maximum atomic E-state index is 11.0. The van der Waals surface area contributed by atoms with Crippen LogP contribution in [0.2, 0.25) is 5.02 Å². The molecule has 0 saturated carbocycles. The van der Waals surface area contributed by atoms with E-state index >= 15 is 0 Å². The minimum atomic E-state index is -0.909. The third-order valence-electron chi connectivity index (χ3n) is 2.72. The van der Waals surface area contributed by atoms with Gasteiger partial charge in [0.25, 0.3) is 0 Å². The lowest BCUT2D eigenvalue weighted by Crippen LogP contribution is -2.42. The third kappa shape index (κ3) is 4.29. The maximum absolute atomic E-state index is 11.0. The highest BCUT2D eigenvalue weighted by Gasteiger charge is 2.21. The Morgan fingerprint density at radius 3 is 2.33 bits per heavy atom. The highest BCUT2D eigenvalue weighted by molar-refractivity contribution is 6.30. The second-order valence-corrected chi connectivity index (χ2v) is 4.97. The van der Waals surface area contributed by atoms with Crippen LogP contribution >= 0.6 is 11.6 Å². The van der Waals surface area contributed by atoms with Crippen molar-refractivity contribution in [3.8, 4) is 0 Å². The maximum Gasteiger partial charge on any atom is 0.320 e. The summed E-state index contributed by atoms with van der Waals surface area (Å²) < 4.78 is 0. The van der Waals surface area contributed by atoms with E-state index in [0.29, 0.717) is 10.6 Å². The highest BCUT2D eigenvalue weighted by atomic mass is 35.5. The van der Waals surface area contributed by atoms with Crippen molar-refractivity contribution >= 4 is 17.6 Å². The molecule has 0 fully saturated rings. The average molecular weight is 272 g/mol. The standard InChI is InChI=1S/C13H18ClNO3/c1-8(2)12(13(17)18)15-7-11(16)9-3-5-10(14)6-4-9/h3-6,8,11-12,15-16H,7H2,1-2H3,(H,17,18). The molecule has 100 valence electrons. The van der Waals surface area contributed by atoms with Gasteiger partial charge >= 0.3 is 5.97 Å². The number of aliphatic carboxylic acids is 1. The van der Waals surface area contributed by atoms with Crippen LogP contribution in [0, 0.1) is 5.92 Å². The number of carboxylic acid groups (broad SMARTS) is 1. The van der Waals surface area contributed by atoms with Gasteiger partial charge in [0.05, 0.1) is 6.10 Å². The van der Waals surface area contributed by atoms with Crippen LogP contribution in [0.1, 0.15) is 25.5 Å². The van der Waals surface area contributed by atoms with Crippen molar-refractivity contribution in [3.05, 3.63) is 34.9 Å². The number of carboxylic acids is 1. The van der Waals surface area contributed by atoms with Gasteiger partial charge in [-0.2, -0.15) is 0 Å². The molecular weight excluding hydrogens is 254 g/mol. The van der Waals surface area contributed by atoms with Gasteiger partial charge in [-0.05, 0) is 23.6 Å². The number of aliphatic hydroxyl groups is 1. The molecule has 4 nitrogen and oxygen atoms in total. The van der Waals surface area contributed by atoms with Crippen molar-refractivity contribution in [3.63, 3.8) is 0 Å². The second kappa shape index (κ2) is 6.73. The van der Waals surface area contributed by atoms with E-state index in [2.05, 4.69) is 5.32 Å². The van der Waals surface area contributed by atoms with E-state index < -0.39 is 18.1 Å². The molecule has 3 N–H and O–H groups in total. The molecule has 0 spiro atoms. The molecule has 0 bridgehead atoms. The number of benzene rings is 1. The summed E-state index contributed by atoms with van der Waals surface area (Å²) in [6.45, 7) is 3.83. The summed E-state index contributed by atoms with van der Waals surface area (Å²) in [5.41, 5.74) is 0.708. The topological polar surface area (TPSA) is 69.6 Å². The average Bonchev–Trinajstić information content (AvgIpc) is 2.28. The van der Waals surface area contributed by atoms with Crippen molar-refractivity contribution in [2.24, 2.45) is 5.92 Å². The fourth-order valence-electron chi connectivity index (χ4n) is 1.65. The minimum Gasteiger partial charge on any atom is -0.480 e. The van der Waals surface area contributed by atoms with Gasteiger partial charge < -0.3 is 15.5 Å². The number of rotatable bonds is 6. The van der Waals surface area contributed by atoms with Crippen LogP contribution in [0.4, 0.5) is 0 Å². The molecule has 0 heterocycles. The first-order valence-electron chi connectivity index (χ1n) is 5.81. The van der Waals surface area contributed by atoms with Gasteiger partial charge in [-0.1, -0.05) is 37.6 Å². The molecular formula is C13H18ClNO3. The number of aliphatic hydroxyl groups excluding tert-OH is 1. The van der Waals surface area contributed by atoms with E-state index in [1.54, 1.807) is 24.3 Å². The minimum absolute atomic E-state index is 0.0417. The fourth-order valence-corrected chi connectivity index (χ4v) is 1.78. The van der Waals surface area contributed by atoms with Gasteiger partial charge in [-0.3, -0.25) is 4.79 Å². The summed E-state index contributed by atoms with van der Waals surface area (Å²) in [6.07, 6.45) is -0.747. The van der Waals surface area contributed by atoms with Crippen molar-refractivity contribution in [2.75, 3.05) is 6.54 Å². The molecule has 0 aromatic heterocycles. The number of carbonyl (C=O) groups is 1. The molecule has 0 aliphatic heterocycles. The van der Waals surface area contributed by atoms with Crippen molar-refractivity contribution in [1.82, 2.24) is 5.32 Å². The Kier molecular flexibility index (Phi) is 5.59. The predicted molar refractivity (Wildman–Crippen MR) is 70.7 cm³/mol. The molecule has 0 aliphatic rings. The van der Waals surface area contributed by atoms with Crippen molar-refractivity contribution in [2.45, 2.75) is 26.0 Å². The number of hydrogen-bond acceptors (Lipinski definition) is 3. The van der Waals surface area contributed by atoms with E-state index in [1.165, 1.54) is 0 Å². The molecule has 0 aliphatic carbocycles. The molecule has 0 amide bonds. The Balaban J connectivity index is 2.57. The van der Waals surface area contributed by atoms with Crippen LogP contribution in [-0.2, 0) is 4.79 Å². The Bertz CT molecular complexity index is 392. The monoisotopic (exact) mass is 271 g/mol. The zero-order valence-corrected chi connectivity index (χ0v) is 11.2. The van der Waals surface area contributed by atoms with Crippen molar-refractivity contribution in [1.29, 1.82) is 0 Å². The van der Waals surface area contributed by atoms with Crippen LogP contribution in [0.3, 0.4) is 0 Å². The van der Waals surface area contributed by atoms with Gasteiger partial charge in [0.1, 0.15) is 6.04 Å². The first kappa shape index (κ1) is 15.0. The summed E-state index contributed by atoms with van der Waals surface area (Å²) in [5, 5.41) is 22.4. The van der Waals surface area contributed by atoms with E-state index in [4.69, 9.17) is 16.7 Å². The van der Waals surface area contributed by atoms with Crippen molar-refractivity contribution < 1.29 is 15.0 Å². The molecule has 2 atom stereocenters. The Morgan fingerprint density at radius 1 is 1.33 bits per heavy atom. The summed E-state index contributed by atoms with van der Waals surface area (Å²) in [6, 6.07) is 6.17. The van der Waals surface area contributed by atoms with Crippen LogP contribution in [-0.4, -0.2) is 28.8 Å². The van der Waals surface area contributed by atoms with Crippen LogP contribution in [0.25, 0.3) is 0 Å². The van der Waals surface area contributed by atoms with Crippen LogP contribution in [0.5, 0.6) is 0 Å². The predicted octanol–water partition coefficient (Wildman–Crippen LogP) is 2.07. The Hall–Kier alpha value is -1.10. The molecule has 2 unspecified atom stereocenters. The molecule has 1 aromatic carbocycles. The summed E-state index contributed by atoms with van der Waals surface area (Å²) in [7, 11) is 0. The van der Waals surface area contributed by atoms with E-state index in [9.17, 15) is 9.90 Å². The quantitative estimate of drug-likeness (QED) is 0.741. The lowest BCUT2D eigenvalue weighted by molar-refractivity contribution is -0.140. The van der Waals surface area contributed by atoms with E-state index in [1.807, 2.05) is 13.8 Å². The second-order valence-electron chi connectivity index (χ2n) is 4.54. The Labute approximate surface area is 112 Å².